The zero-order chi connectivity index (χ0) is 18.6. The Kier molecular flexibility index (Phi) is 5.14. The molecule has 2 aromatic carbocycles. The molecule has 0 saturated carbocycles. The average Bonchev–Trinajstić information content (AvgIpc) is 3.39. The van der Waals surface area contributed by atoms with E-state index in [1.54, 1.807) is 7.11 Å². The minimum atomic E-state index is 0.167. The standard InChI is InChI=1S/C23H26N2O2/c1-27-22-13-12-19(18-8-2-3-9-20(18)22)21-10-6-17-25(21)23(26)11-7-16-24-14-4-5-15-24/h2-5,8-9,12-15,21H,6-7,10-11,16-17H2,1H3/t21-/m1/s1. The molecule has 3 aromatic rings. The van der Waals surface area contributed by atoms with E-state index in [1.807, 2.05) is 36.7 Å². The maximum atomic E-state index is 12.9. The molecule has 0 bridgehead atoms. The van der Waals surface area contributed by atoms with E-state index in [0.717, 1.165) is 43.5 Å². The first kappa shape index (κ1) is 17.7. The molecule has 1 aromatic heterocycles. The van der Waals surface area contributed by atoms with Crippen molar-refractivity contribution >= 4 is 16.7 Å². The summed E-state index contributed by atoms with van der Waals surface area (Å²) in [5, 5.41) is 2.30. The van der Waals surface area contributed by atoms with Crippen LogP contribution in [0, 0.1) is 0 Å². The number of benzene rings is 2. The van der Waals surface area contributed by atoms with E-state index in [0.29, 0.717) is 6.42 Å². The number of fused-ring (bicyclic) bond motifs is 1. The number of nitrogens with zero attached hydrogens (tertiary/aromatic N) is 2. The van der Waals surface area contributed by atoms with Crippen LogP contribution in [0.1, 0.15) is 37.3 Å². The lowest BCUT2D eigenvalue weighted by Gasteiger charge is -2.26. The molecule has 0 aliphatic carbocycles. The van der Waals surface area contributed by atoms with E-state index in [2.05, 4.69) is 33.7 Å². The normalized spacial score (nSPS) is 16.8. The lowest BCUT2D eigenvalue weighted by molar-refractivity contribution is -0.132. The number of hydrogen-bond acceptors (Lipinski definition) is 2. The maximum absolute atomic E-state index is 12.9. The summed E-state index contributed by atoms with van der Waals surface area (Å²) < 4.78 is 7.66. The molecule has 0 unspecified atom stereocenters. The van der Waals surface area contributed by atoms with Gasteiger partial charge in [-0.15, -0.1) is 0 Å². The number of hydrogen-bond donors (Lipinski definition) is 0. The molecule has 1 amide bonds. The smallest absolute Gasteiger partial charge is 0.223 e. The Bertz CT molecular complexity index is 917. The second-order valence-corrected chi connectivity index (χ2v) is 7.17. The van der Waals surface area contributed by atoms with Gasteiger partial charge in [0.05, 0.1) is 13.2 Å². The summed E-state index contributed by atoms with van der Waals surface area (Å²) in [5.74, 6) is 1.15. The van der Waals surface area contributed by atoms with Gasteiger partial charge in [0.1, 0.15) is 5.75 Å². The molecule has 0 N–H and O–H groups in total. The molecule has 1 atom stereocenters. The summed E-state index contributed by atoms with van der Waals surface area (Å²) in [4.78, 5) is 15.0. The van der Waals surface area contributed by atoms with Crippen LogP contribution in [0.15, 0.2) is 60.9 Å². The van der Waals surface area contributed by atoms with Gasteiger partial charge in [0, 0.05) is 37.3 Å². The largest absolute Gasteiger partial charge is 0.496 e. The van der Waals surface area contributed by atoms with Crippen molar-refractivity contribution in [3.05, 3.63) is 66.5 Å². The first-order valence-corrected chi connectivity index (χ1v) is 9.74. The van der Waals surface area contributed by atoms with Gasteiger partial charge in [-0.1, -0.05) is 30.3 Å². The van der Waals surface area contributed by atoms with Gasteiger partial charge in [-0.3, -0.25) is 4.79 Å². The van der Waals surface area contributed by atoms with Crippen molar-refractivity contribution < 1.29 is 9.53 Å². The highest BCUT2D eigenvalue weighted by Crippen LogP contribution is 2.39. The first-order chi connectivity index (χ1) is 13.3. The zero-order valence-electron chi connectivity index (χ0n) is 15.8. The van der Waals surface area contributed by atoms with Gasteiger partial charge in [0.15, 0.2) is 0 Å². The summed E-state index contributed by atoms with van der Waals surface area (Å²) in [6, 6.07) is 16.7. The fraction of sp³-hybridized carbons (Fsp3) is 0.348. The Morgan fingerprint density at radius 3 is 2.63 bits per heavy atom. The first-order valence-electron chi connectivity index (χ1n) is 9.74. The summed E-state index contributed by atoms with van der Waals surface area (Å²) in [6.45, 7) is 1.75. The molecule has 1 aliphatic rings. The lowest BCUT2D eigenvalue weighted by atomic mass is 9.96. The van der Waals surface area contributed by atoms with Crippen molar-refractivity contribution in [1.82, 2.24) is 9.47 Å². The van der Waals surface area contributed by atoms with E-state index < -0.39 is 0 Å². The monoisotopic (exact) mass is 362 g/mol. The van der Waals surface area contributed by atoms with Gasteiger partial charge in [-0.05, 0) is 48.4 Å². The van der Waals surface area contributed by atoms with Crippen LogP contribution in [0.3, 0.4) is 0 Å². The molecule has 140 valence electrons. The Morgan fingerprint density at radius 1 is 1.07 bits per heavy atom. The summed E-state index contributed by atoms with van der Waals surface area (Å²) in [5.41, 5.74) is 1.24. The van der Waals surface area contributed by atoms with E-state index in [-0.39, 0.29) is 11.9 Å². The Balaban J connectivity index is 1.53. The number of rotatable bonds is 6. The predicted molar refractivity (Wildman–Crippen MR) is 108 cm³/mol. The van der Waals surface area contributed by atoms with Crippen LogP contribution in [0.2, 0.25) is 0 Å². The minimum Gasteiger partial charge on any atom is -0.496 e. The van der Waals surface area contributed by atoms with Crippen LogP contribution in [0.5, 0.6) is 5.75 Å². The highest BCUT2D eigenvalue weighted by atomic mass is 16.5. The molecule has 1 aliphatic heterocycles. The van der Waals surface area contributed by atoms with Gasteiger partial charge >= 0.3 is 0 Å². The van der Waals surface area contributed by atoms with Crippen molar-refractivity contribution in [3.63, 3.8) is 0 Å². The number of carbonyl (C=O) groups excluding carboxylic acids is 1. The second-order valence-electron chi connectivity index (χ2n) is 7.17. The average molecular weight is 362 g/mol. The third kappa shape index (κ3) is 3.57. The van der Waals surface area contributed by atoms with E-state index in [4.69, 9.17) is 4.74 Å². The molecule has 4 rings (SSSR count). The van der Waals surface area contributed by atoms with Gasteiger partial charge in [0.25, 0.3) is 0 Å². The number of amides is 1. The summed E-state index contributed by atoms with van der Waals surface area (Å²) in [6.07, 6.45) is 7.66. The van der Waals surface area contributed by atoms with Crippen LogP contribution < -0.4 is 4.74 Å². The van der Waals surface area contributed by atoms with Gasteiger partial charge in [0.2, 0.25) is 5.91 Å². The highest BCUT2D eigenvalue weighted by molar-refractivity contribution is 5.92. The van der Waals surface area contributed by atoms with Crippen molar-refractivity contribution in [1.29, 1.82) is 0 Å². The van der Waals surface area contributed by atoms with Crippen LogP contribution in [-0.4, -0.2) is 29.0 Å². The third-order valence-corrected chi connectivity index (χ3v) is 5.54. The highest BCUT2D eigenvalue weighted by Gasteiger charge is 2.30. The predicted octanol–water partition coefficient (Wildman–Crippen LogP) is 4.79. The van der Waals surface area contributed by atoms with Crippen LogP contribution >= 0.6 is 0 Å². The van der Waals surface area contributed by atoms with Crippen LogP contribution in [0.4, 0.5) is 0 Å². The number of ether oxygens (including phenoxy) is 1. The molecule has 0 radical (unpaired) electrons. The number of methoxy groups -OCH3 is 1. The topological polar surface area (TPSA) is 34.5 Å². The Hall–Kier alpha value is -2.75. The molecule has 4 heteroatoms. The van der Waals surface area contributed by atoms with Gasteiger partial charge in [-0.2, -0.15) is 0 Å². The minimum absolute atomic E-state index is 0.167. The molecule has 0 spiro atoms. The second kappa shape index (κ2) is 7.87. The molecule has 27 heavy (non-hydrogen) atoms. The molecular weight excluding hydrogens is 336 g/mol. The number of likely N-dealkylation sites (tertiary alicyclic amines) is 1. The molecule has 2 heterocycles. The quantitative estimate of drug-likeness (QED) is 0.632. The van der Waals surface area contributed by atoms with E-state index in [1.165, 1.54) is 10.9 Å². The lowest BCUT2D eigenvalue weighted by Crippen LogP contribution is -2.30. The fourth-order valence-electron chi connectivity index (χ4n) is 4.23. The Labute approximate surface area is 160 Å². The SMILES string of the molecule is COc1ccc([C@H]2CCCN2C(=O)CCCn2cccc2)c2ccccc12. The Morgan fingerprint density at radius 2 is 1.85 bits per heavy atom. The van der Waals surface area contributed by atoms with Crippen molar-refractivity contribution in [3.8, 4) is 5.75 Å². The van der Waals surface area contributed by atoms with Gasteiger partial charge in [-0.25, -0.2) is 0 Å². The molecule has 1 saturated heterocycles. The fourth-order valence-corrected chi connectivity index (χ4v) is 4.23. The van der Waals surface area contributed by atoms with Crippen molar-refractivity contribution in [2.45, 2.75) is 38.3 Å². The van der Waals surface area contributed by atoms with Crippen LogP contribution in [-0.2, 0) is 11.3 Å². The number of aromatic nitrogens is 1. The van der Waals surface area contributed by atoms with Gasteiger partial charge < -0.3 is 14.2 Å². The van der Waals surface area contributed by atoms with Crippen LogP contribution in [0.25, 0.3) is 10.8 Å². The molecule has 4 nitrogen and oxygen atoms in total. The van der Waals surface area contributed by atoms with Crippen molar-refractivity contribution in [2.75, 3.05) is 13.7 Å². The summed E-state index contributed by atoms with van der Waals surface area (Å²) in [7, 11) is 1.71. The maximum Gasteiger partial charge on any atom is 0.223 e. The van der Waals surface area contributed by atoms with E-state index >= 15 is 0 Å². The molecular formula is C23H26N2O2. The zero-order valence-corrected chi connectivity index (χ0v) is 15.8. The van der Waals surface area contributed by atoms with Crippen molar-refractivity contribution in [2.24, 2.45) is 0 Å². The summed E-state index contributed by atoms with van der Waals surface area (Å²) >= 11 is 0. The number of aryl methyl sites for hydroxylation is 1. The number of carbonyl (C=O) groups is 1. The third-order valence-electron chi connectivity index (χ3n) is 5.54. The van der Waals surface area contributed by atoms with E-state index in [9.17, 15) is 4.79 Å². The molecule has 1 fully saturated rings.